The van der Waals surface area contributed by atoms with Crippen molar-refractivity contribution in [3.8, 4) is 5.75 Å². The van der Waals surface area contributed by atoms with Gasteiger partial charge in [0.15, 0.2) is 0 Å². The highest BCUT2D eigenvalue weighted by Gasteiger charge is 2.17. The number of amides is 1. The van der Waals surface area contributed by atoms with Crippen LogP contribution < -0.4 is 10.1 Å². The van der Waals surface area contributed by atoms with E-state index in [1.165, 1.54) is 11.3 Å². The Kier molecular flexibility index (Phi) is 6.19. The Labute approximate surface area is 167 Å². The van der Waals surface area contributed by atoms with E-state index in [0.29, 0.717) is 22.3 Å². The Balaban J connectivity index is 1.60. The summed E-state index contributed by atoms with van der Waals surface area (Å²) in [4.78, 5) is 13.2. The zero-order valence-corrected chi connectivity index (χ0v) is 17.1. The number of hydrogen-bond donors (Lipinski definition) is 1. The zero-order chi connectivity index (χ0) is 19.4. The summed E-state index contributed by atoms with van der Waals surface area (Å²) in [6.07, 6.45) is 1.82. The van der Waals surface area contributed by atoms with Crippen molar-refractivity contribution in [3.63, 3.8) is 0 Å². The molecule has 7 heteroatoms. The Bertz CT molecular complexity index is 935. The maximum absolute atomic E-state index is 12.6. The smallest absolute Gasteiger partial charge is 0.261 e. The lowest BCUT2D eigenvalue weighted by atomic mass is 10.1. The molecule has 1 atom stereocenters. The summed E-state index contributed by atoms with van der Waals surface area (Å²) in [5.74, 6) is 0.613. The first kappa shape index (κ1) is 19.5. The maximum atomic E-state index is 12.6. The molecule has 0 aliphatic rings. The average molecular weight is 404 g/mol. The van der Waals surface area contributed by atoms with Crippen molar-refractivity contribution in [1.82, 2.24) is 15.1 Å². The average Bonchev–Trinajstić information content (AvgIpc) is 3.26. The second kappa shape index (κ2) is 8.59. The normalized spacial score (nSPS) is 12.0. The minimum Gasteiger partial charge on any atom is -0.489 e. The number of aromatic nitrogens is 2. The number of rotatable bonds is 7. The van der Waals surface area contributed by atoms with E-state index >= 15 is 0 Å². The number of thiophene rings is 1. The summed E-state index contributed by atoms with van der Waals surface area (Å²) in [7, 11) is 0. The highest BCUT2D eigenvalue weighted by atomic mass is 35.5. The predicted octanol–water partition coefficient (Wildman–Crippen LogP) is 5.00. The van der Waals surface area contributed by atoms with Crippen molar-refractivity contribution in [3.05, 3.63) is 68.6 Å². The third kappa shape index (κ3) is 4.70. The lowest BCUT2D eigenvalue weighted by molar-refractivity contribution is 0.0944. The quantitative estimate of drug-likeness (QED) is 0.604. The molecule has 2 aromatic heterocycles. The number of carbonyl (C=O) groups excluding carboxylic acids is 1. The molecule has 142 valence electrons. The Morgan fingerprint density at radius 2 is 2.22 bits per heavy atom. The first-order valence-electron chi connectivity index (χ1n) is 8.77. The predicted molar refractivity (Wildman–Crippen MR) is 109 cm³/mol. The molecule has 1 N–H and O–H groups in total. The fraction of sp³-hybridized carbons (Fsp3) is 0.300. The molecular weight excluding hydrogens is 382 g/mol. The fourth-order valence-electron chi connectivity index (χ4n) is 2.84. The monoisotopic (exact) mass is 403 g/mol. The number of nitrogens with one attached hydrogen (secondary N) is 1. The molecule has 5 nitrogen and oxygen atoms in total. The third-order valence-electron chi connectivity index (χ3n) is 4.33. The molecule has 0 saturated carbocycles. The SMILES string of the molecule is CCn1ncc(C(C)NC(=O)c2cc(COc3cccc(Cl)c3)cs2)c1C. The topological polar surface area (TPSA) is 56.2 Å². The van der Waals surface area contributed by atoms with Gasteiger partial charge in [0.05, 0.1) is 17.1 Å². The molecule has 3 rings (SSSR count). The van der Waals surface area contributed by atoms with E-state index in [1.807, 2.05) is 55.2 Å². The van der Waals surface area contributed by atoms with Crippen LogP contribution in [0.1, 0.15) is 46.4 Å². The van der Waals surface area contributed by atoms with Crippen molar-refractivity contribution >= 4 is 28.8 Å². The van der Waals surface area contributed by atoms with Crippen molar-refractivity contribution in [2.45, 2.75) is 40.0 Å². The first-order chi connectivity index (χ1) is 13.0. The molecule has 0 aliphatic heterocycles. The van der Waals surface area contributed by atoms with Crippen LogP contribution in [0, 0.1) is 6.92 Å². The van der Waals surface area contributed by atoms with E-state index in [-0.39, 0.29) is 11.9 Å². The number of aryl methyl sites for hydroxylation is 1. The minimum atomic E-state index is -0.105. The molecular formula is C20H22ClN3O2S. The van der Waals surface area contributed by atoms with E-state index in [9.17, 15) is 4.79 Å². The van der Waals surface area contributed by atoms with Crippen molar-refractivity contribution in [2.75, 3.05) is 0 Å². The van der Waals surface area contributed by atoms with Crippen LogP contribution in [-0.4, -0.2) is 15.7 Å². The van der Waals surface area contributed by atoms with Crippen molar-refractivity contribution < 1.29 is 9.53 Å². The first-order valence-corrected chi connectivity index (χ1v) is 10.0. The number of hydrogen-bond acceptors (Lipinski definition) is 4. The van der Waals surface area contributed by atoms with E-state index in [2.05, 4.69) is 10.4 Å². The second-order valence-corrected chi connectivity index (χ2v) is 7.61. The number of ether oxygens (including phenoxy) is 1. The molecule has 3 aromatic rings. The van der Waals surface area contributed by atoms with Crippen molar-refractivity contribution in [1.29, 1.82) is 0 Å². The maximum Gasteiger partial charge on any atom is 0.261 e. The van der Waals surface area contributed by atoms with Crippen LogP contribution in [0.4, 0.5) is 0 Å². The zero-order valence-electron chi connectivity index (χ0n) is 15.5. The van der Waals surface area contributed by atoms with Gasteiger partial charge in [0, 0.05) is 28.4 Å². The van der Waals surface area contributed by atoms with E-state index in [0.717, 1.165) is 23.4 Å². The largest absolute Gasteiger partial charge is 0.489 e. The summed E-state index contributed by atoms with van der Waals surface area (Å²) < 4.78 is 7.65. The molecule has 0 bridgehead atoms. The standard InChI is InChI=1S/C20H22ClN3O2S/c1-4-24-14(3)18(10-22-24)13(2)23-20(25)19-8-15(12-27-19)11-26-17-7-5-6-16(21)9-17/h5-10,12-13H,4,11H2,1-3H3,(H,23,25). The summed E-state index contributed by atoms with van der Waals surface area (Å²) in [5, 5.41) is 9.95. The number of benzene rings is 1. The van der Waals surface area contributed by atoms with Gasteiger partial charge < -0.3 is 10.1 Å². The molecule has 1 amide bonds. The van der Waals surface area contributed by atoms with Crippen molar-refractivity contribution in [2.24, 2.45) is 0 Å². The van der Waals surface area contributed by atoms with E-state index < -0.39 is 0 Å². The van der Waals surface area contributed by atoms with E-state index in [4.69, 9.17) is 16.3 Å². The number of carbonyl (C=O) groups is 1. The van der Waals surface area contributed by atoms with Crippen LogP contribution in [0.25, 0.3) is 0 Å². The van der Waals surface area contributed by atoms with Crippen LogP contribution in [-0.2, 0) is 13.2 Å². The number of halogens is 1. The molecule has 0 saturated heterocycles. The Hall–Kier alpha value is -2.31. The van der Waals surface area contributed by atoms with Gasteiger partial charge in [0.2, 0.25) is 0 Å². The molecule has 2 heterocycles. The molecule has 1 aromatic carbocycles. The summed E-state index contributed by atoms with van der Waals surface area (Å²) >= 11 is 7.36. The van der Waals surface area contributed by atoms with Gasteiger partial charge in [-0.3, -0.25) is 9.48 Å². The Morgan fingerprint density at radius 3 is 2.93 bits per heavy atom. The van der Waals surface area contributed by atoms with E-state index in [1.54, 1.807) is 12.1 Å². The van der Waals surface area contributed by atoms with Gasteiger partial charge in [-0.15, -0.1) is 11.3 Å². The van der Waals surface area contributed by atoms with Crippen LogP contribution in [0.2, 0.25) is 5.02 Å². The molecule has 0 fully saturated rings. The van der Waals surface area contributed by atoms with Gasteiger partial charge in [-0.05, 0) is 50.4 Å². The van der Waals surface area contributed by atoms with Crippen LogP contribution in [0.3, 0.4) is 0 Å². The molecule has 0 aliphatic carbocycles. The molecule has 0 spiro atoms. The highest BCUT2D eigenvalue weighted by molar-refractivity contribution is 7.12. The summed E-state index contributed by atoms with van der Waals surface area (Å²) in [5.41, 5.74) is 3.06. The lowest BCUT2D eigenvalue weighted by Gasteiger charge is -2.13. The second-order valence-electron chi connectivity index (χ2n) is 6.26. The summed E-state index contributed by atoms with van der Waals surface area (Å²) in [6.45, 7) is 7.24. The van der Waals surface area contributed by atoms with Gasteiger partial charge in [0.1, 0.15) is 12.4 Å². The van der Waals surface area contributed by atoms with Gasteiger partial charge in [-0.2, -0.15) is 5.10 Å². The van der Waals surface area contributed by atoms with Gasteiger partial charge in [-0.1, -0.05) is 17.7 Å². The molecule has 0 radical (unpaired) electrons. The lowest BCUT2D eigenvalue weighted by Crippen LogP contribution is -2.26. The van der Waals surface area contributed by atoms with Gasteiger partial charge >= 0.3 is 0 Å². The van der Waals surface area contributed by atoms with Gasteiger partial charge in [-0.25, -0.2) is 0 Å². The van der Waals surface area contributed by atoms with Gasteiger partial charge in [0.25, 0.3) is 5.91 Å². The highest BCUT2D eigenvalue weighted by Crippen LogP contribution is 2.22. The van der Waals surface area contributed by atoms with Crippen LogP contribution in [0.5, 0.6) is 5.75 Å². The summed E-state index contributed by atoms with van der Waals surface area (Å²) in [6, 6.07) is 9.02. The molecule has 1 unspecified atom stereocenters. The third-order valence-corrected chi connectivity index (χ3v) is 5.55. The fourth-order valence-corrected chi connectivity index (χ4v) is 3.82. The molecule has 27 heavy (non-hydrogen) atoms. The van der Waals surface area contributed by atoms with Crippen LogP contribution >= 0.6 is 22.9 Å². The number of nitrogens with zero attached hydrogens (tertiary/aromatic N) is 2. The minimum absolute atomic E-state index is 0.0924. The van der Waals surface area contributed by atoms with Crippen LogP contribution in [0.15, 0.2) is 41.9 Å². The Morgan fingerprint density at radius 1 is 1.41 bits per heavy atom.